The number of amides is 2. The molecule has 0 aliphatic rings. The number of anilines is 1. The summed E-state index contributed by atoms with van der Waals surface area (Å²) in [6, 6.07) is 15.9. The highest BCUT2D eigenvalue weighted by Crippen LogP contribution is 2.14. The summed E-state index contributed by atoms with van der Waals surface area (Å²) < 4.78 is 5.06. The van der Waals surface area contributed by atoms with Crippen molar-refractivity contribution in [1.82, 2.24) is 5.32 Å². The summed E-state index contributed by atoms with van der Waals surface area (Å²) in [4.78, 5) is 23.7. The molecule has 2 N–H and O–H groups in total. The van der Waals surface area contributed by atoms with Gasteiger partial charge in [0.1, 0.15) is 18.2 Å². The van der Waals surface area contributed by atoms with E-state index < -0.39 is 11.8 Å². The molecule has 2 amide bonds. The smallest absolute Gasteiger partial charge is 0.233 e. The molecule has 2 aromatic rings. The fourth-order valence-electron chi connectivity index (χ4n) is 2.04. The first-order valence-electron chi connectivity index (χ1n) is 7.31. The van der Waals surface area contributed by atoms with Crippen molar-refractivity contribution in [3.05, 3.63) is 59.7 Å². The molecule has 0 radical (unpaired) electrons. The first kappa shape index (κ1) is 17.0. The third-order valence-corrected chi connectivity index (χ3v) is 3.29. The Hall–Kier alpha value is -3.33. The minimum Gasteiger partial charge on any atom is -0.497 e. The van der Waals surface area contributed by atoms with Crippen LogP contribution < -0.4 is 15.4 Å². The number of nitriles is 1. The van der Waals surface area contributed by atoms with E-state index in [1.807, 2.05) is 18.2 Å². The van der Waals surface area contributed by atoms with Crippen molar-refractivity contribution in [3.8, 4) is 11.8 Å². The number of nitrogens with one attached hydrogen (secondary N) is 2. The molecule has 2 rings (SSSR count). The molecule has 0 unspecified atom stereocenters. The predicted molar refractivity (Wildman–Crippen MR) is 89.2 cm³/mol. The lowest BCUT2D eigenvalue weighted by molar-refractivity contribution is -0.126. The highest BCUT2D eigenvalue weighted by molar-refractivity contribution is 6.04. The fraction of sp³-hybridized carbons (Fsp3) is 0.167. The molecule has 0 bridgehead atoms. The summed E-state index contributed by atoms with van der Waals surface area (Å²) in [6.07, 6.45) is -0.310. The average molecular weight is 323 g/mol. The summed E-state index contributed by atoms with van der Waals surface area (Å²) in [6.45, 7) is 0.324. The lowest BCUT2D eigenvalue weighted by Crippen LogP contribution is -2.27. The number of rotatable bonds is 6. The Bertz CT molecular complexity index is 764. The molecule has 2 aromatic carbocycles. The summed E-state index contributed by atoms with van der Waals surface area (Å²) in [5, 5.41) is 14.2. The van der Waals surface area contributed by atoms with E-state index in [0.717, 1.165) is 11.3 Å². The topological polar surface area (TPSA) is 91.2 Å². The van der Waals surface area contributed by atoms with Crippen molar-refractivity contribution in [3.63, 3.8) is 0 Å². The quantitative estimate of drug-likeness (QED) is 0.797. The van der Waals surface area contributed by atoms with Gasteiger partial charge >= 0.3 is 0 Å². The molecular formula is C18H17N3O3. The monoisotopic (exact) mass is 323 g/mol. The van der Waals surface area contributed by atoms with Crippen LogP contribution in [0.1, 0.15) is 17.5 Å². The lowest BCUT2D eigenvalue weighted by Gasteiger charge is -2.08. The van der Waals surface area contributed by atoms with Gasteiger partial charge in [-0.25, -0.2) is 0 Å². The Morgan fingerprint density at radius 1 is 1.08 bits per heavy atom. The molecule has 0 saturated carbocycles. The molecule has 0 spiro atoms. The van der Waals surface area contributed by atoms with Gasteiger partial charge in [-0.1, -0.05) is 24.3 Å². The second-order valence-electron chi connectivity index (χ2n) is 5.01. The number of carbonyl (C=O) groups excluding carboxylic acids is 2. The van der Waals surface area contributed by atoms with E-state index in [-0.39, 0.29) is 6.42 Å². The summed E-state index contributed by atoms with van der Waals surface area (Å²) >= 11 is 0. The molecule has 0 aromatic heterocycles. The van der Waals surface area contributed by atoms with Gasteiger partial charge < -0.3 is 15.4 Å². The maximum Gasteiger partial charge on any atom is 0.233 e. The van der Waals surface area contributed by atoms with Crippen LogP contribution >= 0.6 is 0 Å². The fourth-order valence-corrected chi connectivity index (χ4v) is 2.04. The van der Waals surface area contributed by atoms with Gasteiger partial charge in [0.2, 0.25) is 11.8 Å². The third kappa shape index (κ3) is 4.85. The van der Waals surface area contributed by atoms with E-state index in [0.29, 0.717) is 17.8 Å². The van der Waals surface area contributed by atoms with Gasteiger partial charge in [-0.15, -0.1) is 0 Å². The molecule has 6 nitrogen and oxygen atoms in total. The van der Waals surface area contributed by atoms with Gasteiger partial charge in [-0.05, 0) is 29.8 Å². The van der Waals surface area contributed by atoms with Gasteiger partial charge in [-0.2, -0.15) is 5.26 Å². The maximum absolute atomic E-state index is 11.9. The molecule has 0 aliphatic heterocycles. The molecule has 0 saturated heterocycles. The van der Waals surface area contributed by atoms with Gasteiger partial charge in [0.15, 0.2) is 0 Å². The molecule has 0 heterocycles. The van der Waals surface area contributed by atoms with E-state index in [1.54, 1.807) is 43.5 Å². The average Bonchev–Trinajstić information content (AvgIpc) is 2.60. The Labute approximate surface area is 140 Å². The zero-order chi connectivity index (χ0) is 17.4. The number of para-hydroxylation sites is 1. The van der Waals surface area contributed by atoms with Crippen LogP contribution in [0, 0.1) is 11.3 Å². The lowest BCUT2D eigenvalue weighted by atomic mass is 10.2. The predicted octanol–water partition coefficient (Wildman–Crippen LogP) is 2.21. The van der Waals surface area contributed by atoms with Gasteiger partial charge in [0.25, 0.3) is 0 Å². The Morgan fingerprint density at radius 2 is 1.79 bits per heavy atom. The molecule has 122 valence electrons. The Balaban J connectivity index is 1.83. The zero-order valence-corrected chi connectivity index (χ0v) is 13.2. The van der Waals surface area contributed by atoms with Crippen LogP contribution in [0.25, 0.3) is 0 Å². The largest absolute Gasteiger partial charge is 0.497 e. The standard InChI is InChI=1S/C18H17N3O3/c1-24-15-8-6-13(7-9-15)12-20-17(22)10-18(23)21-16-5-3-2-4-14(16)11-19/h2-9H,10,12H2,1H3,(H,20,22)(H,21,23). The van der Waals surface area contributed by atoms with E-state index in [2.05, 4.69) is 10.6 Å². The number of nitrogens with zero attached hydrogens (tertiary/aromatic N) is 1. The van der Waals surface area contributed by atoms with Crippen LogP contribution in [0.2, 0.25) is 0 Å². The first-order valence-corrected chi connectivity index (χ1v) is 7.31. The summed E-state index contributed by atoms with van der Waals surface area (Å²) in [5.41, 5.74) is 1.65. The second kappa shape index (κ2) is 8.34. The summed E-state index contributed by atoms with van der Waals surface area (Å²) in [5.74, 6) is -0.122. The molecule has 6 heteroatoms. The van der Waals surface area contributed by atoms with E-state index in [4.69, 9.17) is 10.00 Å². The maximum atomic E-state index is 11.9. The number of methoxy groups -OCH3 is 1. The Morgan fingerprint density at radius 3 is 2.46 bits per heavy atom. The number of hydrogen-bond donors (Lipinski definition) is 2. The molecule has 0 atom stereocenters. The highest BCUT2D eigenvalue weighted by atomic mass is 16.5. The van der Waals surface area contributed by atoms with Crippen LogP contribution in [0.4, 0.5) is 5.69 Å². The Kier molecular flexibility index (Phi) is 5.92. The molecular weight excluding hydrogens is 306 g/mol. The summed E-state index contributed by atoms with van der Waals surface area (Å²) in [7, 11) is 1.58. The van der Waals surface area contributed by atoms with E-state index in [1.165, 1.54) is 0 Å². The zero-order valence-electron chi connectivity index (χ0n) is 13.2. The van der Waals surface area contributed by atoms with Gasteiger partial charge in [-0.3, -0.25) is 9.59 Å². The normalized spacial score (nSPS) is 9.67. The number of ether oxygens (including phenoxy) is 1. The third-order valence-electron chi connectivity index (χ3n) is 3.29. The van der Waals surface area contributed by atoms with Crippen LogP contribution in [0.5, 0.6) is 5.75 Å². The van der Waals surface area contributed by atoms with Crippen molar-refractivity contribution >= 4 is 17.5 Å². The van der Waals surface area contributed by atoms with Crippen molar-refractivity contribution < 1.29 is 14.3 Å². The van der Waals surface area contributed by atoms with Gasteiger partial charge in [0.05, 0.1) is 18.4 Å². The van der Waals surface area contributed by atoms with Crippen LogP contribution in [0.15, 0.2) is 48.5 Å². The van der Waals surface area contributed by atoms with Crippen LogP contribution in [-0.2, 0) is 16.1 Å². The van der Waals surface area contributed by atoms with E-state index >= 15 is 0 Å². The van der Waals surface area contributed by atoms with Crippen LogP contribution in [0.3, 0.4) is 0 Å². The molecule has 0 aliphatic carbocycles. The molecule has 24 heavy (non-hydrogen) atoms. The van der Waals surface area contributed by atoms with Crippen molar-refractivity contribution in [1.29, 1.82) is 5.26 Å². The van der Waals surface area contributed by atoms with Crippen molar-refractivity contribution in [2.24, 2.45) is 0 Å². The highest BCUT2D eigenvalue weighted by Gasteiger charge is 2.11. The minimum atomic E-state index is -0.468. The number of benzene rings is 2. The van der Waals surface area contributed by atoms with Crippen molar-refractivity contribution in [2.45, 2.75) is 13.0 Å². The molecule has 0 fully saturated rings. The minimum absolute atomic E-state index is 0.310. The van der Waals surface area contributed by atoms with Crippen molar-refractivity contribution in [2.75, 3.05) is 12.4 Å². The SMILES string of the molecule is COc1ccc(CNC(=O)CC(=O)Nc2ccccc2C#N)cc1. The second-order valence-corrected chi connectivity index (χ2v) is 5.01. The number of hydrogen-bond acceptors (Lipinski definition) is 4. The first-order chi connectivity index (χ1) is 11.6. The number of carbonyl (C=O) groups is 2. The van der Waals surface area contributed by atoms with E-state index in [9.17, 15) is 9.59 Å². The van der Waals surface area contributed by atoms with Gasteiger partial charge in [0, 0.05) is 6.54 Å². The van der Waals surface area contributed by atoms with Crippen LogP contribution in [-0.4, -0.2) is 18.9 Å².